The molecule has 0 bridgehead atoms. The Bertz CT molecular complexity index is 831. The minimum Gasteiger partial charge on any atom is -0.350 e. The van der Waals surface area contributed by atoms with Crippen molar-refractivity contribution in [2.24, 2.45) is 0 Å². The average Bonchev–Trinajstić information content (AvgIpc) is 2.57. The summed E-state index contributed by atoms with van der Waals surface area (Å²) in [5.74, 6) is 0.00310. The van der Waals surface area contributed by atoms with Gasteiger partial charge in [0.1, 0.15) is 11.5 Å². The van der Waals surface area contributed by atoms with Gasteiger partial charge in [0.05, 0.1) is 0 Å². The summed E-state index contributed by atoms with van der Waals surface area (Å²) in [7, 11) is 0. The Balaban J connectivity index is 1.67. The van der Waals surface area contributed by atoms with Crippen molar-refractivity contribution in [2.75, 3.05) is 5.32 Å². The second kappa shape index (κ2) is 6.83. The van der Waals surface area contributed by atoms with Crippen LogP contribution in [-0.2, 0) is 13.0 Å². The lowest BCUT2D eigenvalue weighted by Gasteiger charge is -2.06. The van der Waals surface area contributed by atoms with Gasteiger partial charge in [-0.05, 0) is 23.3 Å². The Morgan fingerprint density at radius 3 is 2.39 bits per heavy atom. The third-order valence-corrected chi connectivity index (χ3v) is 3.35. The van der Waals surface area contributed by atoms with Gasteiger partial charge in [-0.2, -0.15) is 0 Å². The van der Waals surface area contributed by atoms with Crippen molar-refractivity contribution in [3.05, 3.63) is 87.6 Å². The fourth-order valence-corrected chi connectivity index (χ4v) is 2.13. The first-order valence-electron chi connectivity index (χ1n) is 7.19. The van der Waals surface area contributed by atoms with E-state index in [0.29, 0.717) is 18.7 Å². The summed E-state index contributed by atoms with van der Waals surface area (Å²) < 4.78 is 12.8. The molecule has 3 aromatic rings. The molecule has 0 saturated carbocycles. The number of aromatic nitrogens is 3. The molecule has 0 amide bonds. The summed E-state index contributed by atoms with van der Waals surface area (Å²) in [5, 5.41) is 10.9. The summed E-state index contributed by atoms with van der Waals surface area (Å²) in [4.78, 5) is 14.7. The van der Waals surface area contributed by atoms with Gasteiger partial charge in [0.2, 0.25) is 5.95 Å². The van der Waals surface area contributed by atoms with E-state index in [4.69, 9.17) is 0 Å². The highest BCUT2D eigenvalue weighted by Crippen LogP contribution is 2.06. The standard InChI is InChI=1S/C17H15FN4O/c18-14-8-6-13(7-9-14)11-19-17-20-16(23)15(21-22-17)10-12-4-2-1-3-5-12/h1-9H,10-11H2,(H2,19,20,22,23). The van der Waals surface area contributed by atoms with Crippen molar-refractivity contribution in [2.45, 2.75) is 13.0 Å². The molecule has 0 saturated heterocycles. The van der Waals surface area contributed by atoms with Crippen molar-refractivity contribution in [1.29, 1.82) is 0 Å². The van der Waals surface area contributed by atoms with Gasteiger partial charge < -0.3 is 5.32 Å². The Kier molecular flexibility index (Phi) is 4.42. The molecule has 5 nitrogen and oxygen atoms in total. The maximum Gasteiger partial charge on any atom is 0.274 e. The number of nitrogens with one attached hydrogen (secondary N) is 2. The first-order valence-corrected chi connectivity index (χ1v) is 7.19. The second-order valence-corrected chi connectivity index (χ2v) is 5.09. The summed E-state index contributed by atoms with van der Waals surface area (Å²) in [5.41, 5.74) is 1.97. The first kappa shape index (κ1) is 14.9. The van der Waals surface area contributed by atoms with Crippen LogP contribution in [0.1, 0.15) is 16.8 Å². The van der Waals surface area contributed by atoms with Gasteiger partial charge in [-0.1, -0.05) is 42.5 Å². The van der Waals surface area contributed by atoms with Crippen LogP contribution in [0.25, 0.3) is 0 Å². The number of hydrogen-bond acceptors (Lipinski definition) is 4. The van der Waals surface area contributed by atoms with E-state index in [-0.39, 0.29) is 17.3 Å². The topological polar surface area (TPSA) is 70.7 Å². The molecule has 2 aromatic carbocycles. The molecule has 0 aliphatic carbocycles. The highest BCUT2D eigenvalue weighted by Gasteiger charge is 2.06. The molecule has 0 atom stereocenters. The highest BCUT2D eigenvalue weighted by molar-refractivity contribution is 5.27. The van der Waals surface area contributed by atoms with Gasteiger partial charge in [0.15, 0.2) is 0 Å². The zero-order valence-electron chi connectivity index (χ0n) is 12.3. The molecule has 2 N–H and O–H groups in total. The van der Waals surface area contributed by atoms with Gasteiger partial charge in [-0.25, -0.2) is 4.39 Å². The normalized spacial score (nSPS) is 10.5. The molecule has 0 unspecified atom stereocenters. The molecule has 0 radical (unpaired) electrons. The number of rotatable bonds is 5. The lowest BCUT2D eigenvalue weighted by Crippen LogP contribution is -2.19. The summed E-state index contributed by atoms with van der Waals surface area (Å²) in [6.45, 7) is 0.420. The van der Waals surface area contributed by atoms with Gasteiger partial charge >= 0.3 is 0 Å². The lowest BCUT2D eigenvalue weighted by atomic mass is 10.1. The molecule has 23 heavy (non-hydrogen) atoms. The number of nitrogens with zero attached hydrogens (tertiary/aromatic N) is 2. The molecule has 0 fully saturated rings. The van der Waals surface area contributed by atoms with E-state index in [9.17, 15) is 9.18 Å². The number of aromatic amines is 1. The van der Waals surface area contributed by atoms with E-state index in [1.165, 1.54) is 12.1 Å². The summed E-state index contributed by atoms with van der Waals surface area (Å²) >= 11 is 0. The van der Waals surface area contributed by atoms with Gasteiger partial charge in [-0.3, -0.25) is 9.78 Å². The number of benzene rings is 2. The number of anilines is 1. The fourth-order valence-electron chi connectivity index (χ4n) is 2.13. The summed E-state index contributed by atoms with van der Waals surface area (Å²) in [6.07, 6.45) is 0.432. The number of hydrogen-bond donors (Lipinski definition) is 2. The maximum absolute atomic E-state index is 12.8. The van der Waals surface area contributed by atoms with Crippen molar-refractivity contribution < 1.29 is 4.39 Å². The average molecular weight is 310 g/mol. The minimum absolute atomic E-state index is 0.273. The van der Waals surface area contributed by atoms with Crippen LogP contribution in [0.3, 0.4) is 0 Å². The Hall–Kier alpha value is -3.02. The van der Waals surface area contributed by atoms with Crippen LogP contribution < -0.4 is 10.9 Å². The third kappa shape index (κ3) is 4.00. The molecule has 0 spiro atoms. The fraction of sp³-hybridized carbons (Fsp3) is 0.118. The minimum atomic E-state index is -0.285. The smallest absolute Gasteiger partial charge is 0.274 e. The van der Waals surface area contributed by atoms with E-state index >= 15 is 0 Å². The first-order chi connectivity index (χ1) is 11.2. The number of H-pyrrole nitrogens is 1. The predicted molar refractivity (Wildman–Crippen MR) is 85.6 cm³/mol. The molecule has 3 rings (SSSR count). The van der Waals surface area contributed by atoms with Gasteiger partial charge in [-0.15, -0.1) is 10.2 Å². The quantitative estimate of drug-likeness (QED) is 0.759. The third-order valence-electron chi connectivity index (χ3n) is 3.35. The van der Waals surface area contributed by atoms with Crippen LogP contribution >= 0.6 is 0 Å². The van der Waals surface area contributed by atoms with Crippen LogP contribution in [0.5, 0.6) is 0 Å². The van der Waals surface area contributed by atoms with Gasteiger partial charge in [0.25, 0.3) is 5.56 Å². The van der Waals surface area contributed by atoms with Crippen LogP contribution in [0.4, 0.5) is 10.3 Å². The van der Waals surface area contributed by atoms with Crippen molar-refractivity contribution >= 4 is 5.95 Å². The van der Waals surface area contributed by atoms with E-state index in [2.05, 4.69) is 20.5 Å². The van der Waals surface area contributed by atoms with Crippen LogP contribution in [0.15, 0.2) is 59.4 Å². The van der Waals surface area contributed by atoms with Crippen molar-refractivity contribution in [3.63, 3.8) is 0 Å². The highest BCUT2D eigenvalue weighted by atomic mass is 19.1. The van der Waals surface area contributed by atoms with Crippen molar-refractivity contribution in [3.8, 4) is 0 Å². The lowest BCUT2D eigenvalue weighted by molar-refractivity contribution is 0.627. The molecular formula is C17H15FN4O. The van der Waals surface area contributed by atoms with E-state index in [1.807, 2.05) is 30.3 Å². The molecule has 0 aliphatic rings. The SMILES string of the molecule is O=c1[nH]c(NCc2ccc(F)cc2)nnc1Cc1ccccc1. The second-order valence-electron chi connectivity index (χ2n) is 5.09. The molecule has 116 valence electrons. The largest absolute Gasteiger partial charge is 0.350 e. The Labute approximate surface area is 132 Å². The Morgan fingerprint density at radius 1 is 0.957 bits per heavy atom. The molecule has 0 aliphatic heterocycles. The molecule has 6 heteroatoms. The van der Waals surface area contributed by atoms with Crippen molar-refractivity contribution in [1.82, 2.24) is 15.2 Å². The van der Waals surface area contributed by atoms with Crippen LogP contribution in [0, 0.1) is 5.82 Å². The zero-order valence-corrected chi connectivity index (χ0v) is 12.3. The Morgan fingerprint density at radius 2 is 1.70 bits per heavy atom. The van der Waals surface area contributed by atoms with E-state index < -0.39 is 0 Å². The molecular weight excluding hydrogens is 295 g/mol. The monoisotopic (exact) mass is 310 g/mol. The van der Waals surface area contributed by atoms with Gasteiger partial charge in [0, 0.05) is 13.0 Å². The molecule has 1 heterocycles. The number of halogens is 1. The maximum atomic E-state index is 12.8. The van der Waals surface area contributed by atoms with Crippen LogP contribution in [0.2, 0.25) is 0 Å². The summed E-state index contributed by atoms with van der Waals surface area (Å²) in [6, 6.07) is 15.7. The predicted octanol–water partition coefficient (Wildman–Crippen LogP) is 2.51. The van der Waals surface area contributed by atoms with E-state index in [1.54, 1.807) is 12.1 Å². The van der Waals surface area contributed by atoms with Crippen LogP contribution in [-0.4, -0.2) is 15.2 Å². The van der Waals surface area contributed by atoms with E-state index in [0.717, 1.165) is 11.1 Å². The molecule has 1 aromatic heterocycles. The zero-order chi connectivity index (χ0) is 16.1.